The number of nitrogens with one attached hydrogen (secondary N) is 3. The summed E-state index contributed by atoms with van der Waals surface area (Å²) in [7, 11) is 0. The van der Waals surface area contributed by atoms with Gasteiger partial charge in [0.15, 0.2) is 0 Å². The predicted octanol–water partition coefficient (Wildman–Crippen LogP) is 3.31. The van der Waals surface area contributed by atoms with Crippen molar-refractivity contribution in [3.8, 4) is 0 Å². The van der Waals surface area contributed by atoms with Gasteiger partial charge < -0.3 is 20.7 Å². The van der Waals surface area contributed by atoms with Crippen LogP contribution in [0.1, 0.15) is 21.5 Å². The van der Waals surface area contributed by atoms with E-state index in [4.69, 9.17) is 4.74 Å². The fourth-order valence-electron chi connectivity index (χ4n) is 3.44. The fraction of sp³-hybridized carbons (Fsp3) is 0.391. The smallest absolute Gasteiger partial charge is 0.374 e. The lowest BCUT2D eigenvalue weighted by Gasteiger charge is -2.33. The first-order chi connectivity index (χ1) is 15.7. The van der Waals surface area contributed by atoms with E-state index >= 15 is 0 Å². The molecule has 1 unspecified atom stereocenters. The lowest BCUT2D eigenvalue weighted by molar-refractivity contribution is -0.123. The molecule has 1 saturated heterocycles. The summed E-state index contributed by atoms with van der Waals surface area (Å²) in [5.74, 6) is -0.870. The number of hydrogen-bond donors (Lipinski definition) is 3. The highest BCUT2D eigenvalue weighted by molar-refractivity contribution is 5.97. The largest absolute Gasteiger partial charge is 0.405 e. The standard InChI is InChI=1S/C23H27F3N4O3/c1-16-7-8-18(21(31)28-15-23(24,25)26)11-20(16)29-22(32)27-12-19-14-30(9-10-33-19)13-17-5-3-2-4-6-17/h2-8,11,19H,9-10,12-15H2,1H3,(H,28,31)(H2,27,29,32). The number of benzene rings is 2. The number of halogens is 3. The SMILES string of the molecule is Cc1ccc(C(=O)NCC(F)(F)F)cc1NC(=O)NCC1CN(Cc2ccccc2)CCO1. The molecule has 1 atom stereocenters. The number of amides is 3. The van der Waals surface area contributed by atoms with Crippen LogP contribution in [-0.4, -0.2) is 61.9 Å². The van der Waals surface area contributed by atoms with E-state index in [1.807, 2.05) is 23.5 Å². The second-order valence-electron chi connectivity index (χ2n) is 7.88. The zero-order valence-electron chi connectivity index (χ0n) is 18.2. The van der Waals surface area contributed by atoms with E-state index in [1.54, 1.807) is 13.0 Å². The van der Waals surface area contributed by atoms with E-state index in [1.165, 1.54) is 17.7 Å². The van der Waals surface area contributed by atoms with Crippen LogP contribution in [0.15, 0.2) is 48.5 Å². The van der Waals surface area contributed by atoms with Crippen LogP contribution < -0.4 is 16.0 Å². The number of carbonyl (C=O) groups is 2. The molecule has 0 aromatic heterocycles. The highest BCUT2D eigenvalue weighted by atomic mass is 19.4. The van der Waals surface area contributed by atoms with E-state index in [0.717, 1.165) is 13.1 Å². The van der Waals surface area contributed by atoms with Crippen LogP contribution in [0, 0.1) is 6.92 Å². The van der Waals surface area contributed by atoms with Crippen molar-refractivity contribution in [2.24, 2.45) is 0 Å². The Morgan fingerprint density at radius 1 is 1.12 bits per heavy atom. The summed E-state index contributed by atoms with van der Waals surface area (Å²) < 4.78 is 42.7. The third-order valence-electron chi connectivity index (χ3n) is 5.16. The van der Waals surface area contributed by atoms with Crippen molar-refractivity contribution in [1.29, 1.82) is 0 Å². The number of nitrogens with zero attached hydrogens (tertiary/aromatic N) is 1. The molecular weight excluding hydrogens is 437 g/mol. The Bertz CT molecular complexity index is 954. The first-order valence-electron chi connectivity index (χ1n) is 10.6. The Hall–Kier alpha value is -3.11. The highest BCUT2D eigenvalue weighted by Gasteiger charge is 2.28. The van der Waals surface area contributed by atoms with Crippen LogP contribution in [0.4, 0.5) is 23.7 Å². The van der Waals surface area contributed by atoms with Crippen LogP contribution in [0.3, 0.4) is 0 Å². The molecule has 0 spiro atoms. The first kappa shape index (κ1) is 24.5. The van der Waals surface area contributed by atoms with Gasteiger partial charge in [-0.15, -0.1) is 0 Å². The van der Waals surface area contributed by atoms with E-state index in [0.29, 0.717) is 30.9 Å². The molecule has 7 nitrogen and oxygen atoms in total. The zero-order chi connectivity index (χ0) is 23.8. The molecule has 1 aliphatic heterocycles. The average Bonchev–Trinajstić information content (AvgIpc) is 2.78. The lowest BCUT2D eigenvalue weighted by atomic mass is 10.1. The van der Waals surface area contributed by atoms with Gasteiger partial charge >= 0.3 is 12.2 Å². The van der Waals surface area contributed by atoms with Gasteiger partial charge in [0.2, 0.25) is 0 Å². The maximum Gasteiger partial charge on any atom is 0.405 e. The van der Waals surface area contributed by atoms with Gasteiger partial charge in [-0.1, -0.05) is 36.4 Å². The molecule has 2 aromatic carbocycles. The average molecular weight is 464 g/mol. The van der Waals surface area contributed by atoms with Crippen molar-refractivity contribution in [3.63, 3.8) is 0 Å². The number of hydrogen-bond acceptors (Lipinski definition) is 4. The van der Waals surface area contributed by atoms with Gasteiger partial charge in [0.1, 0.15) is 6.54 Å². The number of ether oxygens (including phenoxy) is 1. The third kappa shape index (κ3) is 8.07. The molecular formula is C23H27F3N4O3. The Kier molecular flexibility index (Phi) is 8.29. The van der Waals surface area contributed by atoms with Crippen molar-refractivity contribution in [1.82, 2.24) is 15.5 Å². The van der Waals surface area contributed by atoms with Crippen LogP contribution in [-0.2, 0) is 11.3 Å². The number of rotatable bonds is 7. The van der Waals surface area contributed by atoms with Crippen LogP contribution in [0.2, 0.25) is 0 Å². The van der Waals surface area contributed by atoms with E-state index in [-0.39, 0.29) is 11.7 Å². The van der Waals surface area contributed by atoms with Gasteiger partial charge in [-0.3, -0.25) is 9.69 Å². The number of urea groups is 1. The number of anilines is 1. The molecule has 178 valence electrons. The molecule has 0 bridgehead atoms. The van der Waals surface area contributed by atoms with Gasteiger partial charge in [-0.25, -0.2) is 4.79 Å². The summed E-state index contributed by atoms with van der Waals surface area (Å²) in [6, 6.07) is 13.9. The van der Waals surface area contributed by atoms with Crippen LogP contribution >= 0.6 is 0 Å². The Morgan fingerprint density at radius 3 is 2.61 bits per heavy atom. The molecule has 3 amide bonds. The molecule has 3 rings (SSSR count). The van der Waals surface area contributed by atoms with Gasteiger partial charge in [-0.05, 0) is 30.2 Å². The molecule has 0 saturated carbocycles. The zero-order valence-corrected chi connectivity index (χ0v) is 18.2. The minimum atomic E-state index is -4.50. The minimum absolute atomic E-state index is 0.0207. The van der Waals surface area contributed by atoms with Gasteiger partial charge in [0, 0.05) is 37.4 Å². The van der Waals surface area contributed by atoms with Crippen molar-refractivity contribution in [2.75, 3.05) is 38.1 Å². The quantitative estimate of drug-likeness (QED) is 0.587. The van der Waals surface area contributed by atoms with Crippen molar-refractivity contribution >= 4 is 17.6 Å². The molecule has 0 radical (unpaired) electrons. The van der Waals surface area contributed by atoms with Gasteiger partial charge in [0.25, 0.3) is 5.91 Å². The highest BCUT2D eigenvalue weighted by Crippen LogP contribution is 2.18. The Morgan fingerprint density at radius 2 is 1.88 bits per heavy atom. The fourth-order valence-corrected chi connectivity index (χ4v) is 3.44. The summed E-state index contributed by atoms with van der Waals surface area (Å²) in [6.07, 6.45) is -4.67. The van der Waals surface area contributed by atoms with Gasteiger partial charge in [-0.2, -0.15) is 13.2 Å². The van der Waals surface area contributed by atoms with Crippen molar-refractivity contribution < 1.29 is 27.5 Å². The number of aryl methyl sites for hydroxylation is 1. The summed E-state index contributed by atoms with van der Waals surface area (Å²) in [5, 5.41) is 7.22. The molecule has 2 aromatic rings. The predicted molar refractivity (Wildman–Crippen MR) is 118 cm³/mol. The summed E-state index contributed by atoms with van der Waals surface area (Å²) in [6.45, 7) is 3.43. The van der Waals surface area contributed by atoms with Gasteiger partial charge in [0.05, 0.1) is 12.7 Å². The Balaban J connectivity index is 1.49. The van der Waals surface area contributed by atoms with Crippen LogP contribution in [0.5, 0.6) is 0 Å². The minimum Gasteiger partial charge on any atom is -0.374 e. The number of carbonyl (C=O) groups excluding carboxylic acids is 2. The lowest BCUT2D eigenvalue weighted by Crippen LogP contribution is -2.47. The van der Waals surface area contributed by atoms with E-state index in [9.17, 15) is 22.8 Å². The summed E-state index contributed by atoms with van der Waals surface area (Å²) in [4.78, 5) is 26.6. The maximum absolute atomic E-state index is 12.4. The topological polar surface area (TPSA) is 82.7 Å². The number of alkyl halides is 3. The molecule has 1 aliphatic rings. The second-order valence-corrected chi connectivity index (χ2v) is 7.88. The summed E-state index contributed by atoms with van der Waals surface area (Å²) >= 11 is 0. The molecule has 1 heterocycles. The molecule has 0 aliphatic carbocycles. The monoisotopic (exact) mass is 464 g/mol. The first-order valence-corrected chi connectivity index (χ1v) is 10.6. The summed E-state index contributed by atoms with van der Waals surface area (Å²) in [5.41, 5.74) is 2.23. The van der Waals surface area contributed by atoms with Crippen molar-refractivity contribution in [2.45, 2.75) is 25.7 Å². The molecule has 1 fully saturated rings. The normalized spacial score (nSPS) is 16.8. The molecule has 33 heavy (non-hydrogen) atoms. The maximum atomic E-state index is 12.4. The number of morpholine rings is 1. The van der Waals surface area contributed by atoms with Crippen molar-refractivity contribution in [3.05, 3.63) is 65.2 Å². The third-order valence-corrected chi connectivity index (χ3v) is 5.16. The van der Waals surface area contributed by atoms with E-state index in [2.05, 4.69) is 27.7 Å². The molecule has 10 heteroatoms. The van der Waals surface area contributed by atoms with E-state index < -0.39 is 24.7 Å². The van der Waals surface area contributed by atoms with Crippen LogP contribution in [0.25, 0.3) is 0 Å². The molecule has 3 N–H and O–H groups in total. The second kappa shape index (κ2) is 11.2. The Labute approximate surface area is 190 Å².